The highest BCUT2D eigenvalue weighted by molar-refractivity contribution is 7.14. The summed E-state index contributed by atoms with van der Waals surface area (Å²) in [4.78, 5) is 16.3. The van der Waals surface area contributed by atoms with Crippen LogP contribution in [0.15, 0.2) is 30.3 Å². The molecule has 1 N–H and O–H groups in total. The van der Waals surface area contributed by atoms with Crippen molar-refractivity contribution in [2.75, 3.05) is 0 Å². The smallest absolute Gasteiger partial charge is 0.347 e. The molecule has 0 spiro atoms. The summed E-state index contributed by atoms with van der Waals surface area (Å²) in [6, 6.07) is 7.60. The Balaban J connectivity index is 1.67. The maximum Gasteiger partial charge on any atom is 0.416 e. The summed E-state index contributed by atoms with van der Waals surface area (Å²) < 4.78 is 39.0. The molecule has 0 saturated carbocycles. The molecular formula is C18H19F3N2OS. The van der Waals surface area contributed by atoms with Crippen molar-refractivity contribution in [2.45, 2.75) is 45.7 Å². The zero-order valence-electron chi connectivity index (χ0n) is 14.0. The van der Waals surface area contributed by atoms with Crippen LogP contribution in [0.2, 0.25) is 0 Å². The number of rotatable bonds is 4. The molecule has 1 amide bonds. The molecule has 0 unspecified atom stereocenters. The van der Waals surface area contributed by atoms with Crippen molar-refractivity contribution in [1.29, 1.82) is 0 Å². The Kier molecular flexibility index (Phi) is 4.88. The molecule has 7 heteroatoms. The van der Waals surface area contributed by atoms with Crippen LogP contribution < -0.4 is 5.32 Å². The van der Waals surface area contributed by atoms with Crippen molar-refractivity contribution in [3.8, 4) is 0 Å². The summed E-state index contributed by atoms with van der Waals surface area (Å²) in [6.45, 7) is 5.75. The summed E-state index contributed by atoms with van der Waals surface area (Å²) in [7, 11) is 0. The quantitative estimate of drug-likeness (QED) is 0.866. The van der Waals surface area contributed by atoms with Gasteiger partial charge in [-0.3, -0.25) is 9.69 Å². The second-order valence-corrected chi connectivity index (χ2v) is 7.53. The first-order chi connectivity index (χ1) is 11.8. The van der Waals surface area contributed by atoms with Gasteiger partial charge >= 0.3 is 6.18 Å². The normalized spacial score (nSPS) is 14.8. The van der Waals surface area contributed by atoms with Crippen molar-refractivity contribution in [3.05, 3.63) is 56.8 Å². The van der Waals surface area contributed by atoms with E-state index in [2.05, 4.69) is 24.1 Å². The van der Waals surface area contributed by atoms with Crippen LogP contribution in [-0.4, -0.2) is 16.8 Å². The second-order valence-electron chi connectivity index (χ2n) is 6.40. The number of hydrogen-bond acceptors (Lipinski definition) is 3. The van der Waals surface area contributed by atoms with Crippen LogP contribution in [0.1, 0.15) is 45.1 Å². The summed E-state index contributed by atoms with van der Waals surface area (Å²) in [5.41, 5.74) is 0.495. The van der Waals surface area contributed by atoms with Gasteiger partial charge < -0.3 is 5.32 Å². The first-order valence-corrected chi connectivity index (χ1v) is 8.86. The standard InChI is InChI=1S/C18H19F3N2OS/c1-11(2)23-9-13-7-15(25-16(13)10-23)17(24)22-8-12-5-3-4-6-14(12)18(19,20)21/h3-7,11H,8-10H2,1-2H3,(H,22,24). The number of amides is 1. The fraction of sp³-hybridized carbons (Fsp3) is 0.389. The average Bonchev–Trinajstić information content (AvgIpc) is 3.10. The van der Waals surface area contributed by atoms with Gasteiger partial charge in [0.1, 0.15) is 0 Å². The summed E-state index contributed by atoms with van der Waals surface area (Å²) in [5, 5.41) is 2.61. The number of carbonyl (C=O) groups excluding carboxylic acids is 1. The zero-order chi connectivity index (χ0) is 18.2. The van der Waals surface area contributed by atoms with E-state index in [4.69, 9.17) is 0 Å². The van der Waals surface area contributed by atoms with Gasteiger partial charge in [0, 0.05) is 30.6 Å². The monoisotopic (exact) mass is 368 g/mol. The molecule has 2 aromatic rings. The zero-order valence-corrected chi connectivity index (χ0v) is 14.8. The number of alkyl halides is 3. The molecule has 3 rings (SSSR count). The minimum absolute atomic E-state index is 0.0680. The number of nitrogens with one attached hydrogen (secondary N) is 1. The Labute approximate surface area is 148 Å². The number of carbonyl (C=O) groups is 1. The highest BCUT2D eigenvalue weighted by Crippen LogP contribution is 2.33. The molecule has 1 aliphatic rings. The van der Waals surface area contributed by atoms with Gasteiger partial charge in [-0.1, -0.05) is 18.2 Å². The predicted molar refractivity (Wildman–Crippen MR) is 91.3 cm³/mol. The SMILES string of the molecule is CC(C)N1Cc2cc(C(=O)NCc3ccccc3C(F)(F)F)sc2C1. The van der Waals surface area contributed by atoms with Crippen LogP contribution >= 0.6 is 11.3 Å². The average molecular weight is 368 g/mol. The van der Waals surface area contributed by atoms with Crippen LogP contribution in [0.5, 0.6) is 0 Å². The summed E-state index contributed by atoms with van der Waals surface area (Å²) in [6.07, 6.45) is -4.42. The van der Waals surface area contributed by atoms with Gasteiger partial charge in [-0.05, 0) is 37.1 Å². The van der Waals surface area contributed by atoms with E-state index in [-0.39, 0.29) is 18.0 Å². The van der Waals surface area contributed by atoms with Gasteiger partial charge in [-0.15, -0.1) is 11.3 Å². The molecular weight excluding hydrogens is 349 g/mol. The first-order valence-electron chi connectivity index (χ1n) is 8.04. The second kappa shape index (κ2) is 6.80. The summed E-state index contributed by atoms with van der Waals surface area (Å²) >= 11 is 1.42. The van der Waals surface area contributed by atoms with E-state index in [0.29, 0.717) is 10.9 Å². The van der Waals surface area contributed by atoms with E-state index in [1.54, 1.807) is 0 Å². The molecule has 134 valence electrons. The summed E-state index contributed by atoms with van der Waals surface area (Å²) in [5.74, 6) is -0.326. The number of hydrogen-bond donors (Lipinski definition) is 1. The van der Waals surface area contributed by atoms with Gasteiger partial charge in [0.2, 0.25) is 0 Å². The fourth-order valence-corrected chi connectivity index (χ4v) is 4.00. The van der Waals surface area contributed by atoms with E-state index >= 15 is 0 Å². The van der Waals surface area contributed by atoms with Crippen molar-refractivity contribution in [1.82, 2.24) is 10.2 Å². The number of nitrogens with zero attached hydrogens (tertiary/aromatic N) is 1. The number of thiophene rings is 1. The third-order valence-electron chi connectivity index (χ3n) is 4.33. The maximum atomic E-state index is 13.0. The van der Waals surface area contributed by atoms with Gasteiger partial charge in [-0.25, -0.2) is 0 Å². The third kappa shape index (κ3) is 3.88. The molecule has 3 nitrogen and oxygen atoms in total. The van der Waals surface area contributed by atoms with Crippen LogP contribution in [0.25, 0.3) is 0 Å². The van der Waals surface area contributed by atoms with Gasteiger partial charge in [0.05, 0.1) is 10.4 Å². The Bertz CT molecular complexity index is 759. The third-order valence-corrected chi connectivity index (χ3v) is 5.49. The van der Waals surface area contributed by atoms with E-state index < -0.39 is 11.7 Å². The predicted octanol–water partition coefficient (Wildman–Crippen LogP) is 4.42. The molecule has 0 radical (unpaired) electrons. The Morgan fingerprint density at radius 2 is 2.00 bits per heavy atom. The van der Waals surface area contributed by atoms with Gasteiger partial charge in [0.15, 0.2) is 0 Å². The lowest BCUT2D eigenvalue weighted by Gasteiger charge is -2.19. The van der Waals surface area contributed by atoms with E-state index in [1.807, 2.05) is 6.07 Å². The molecule has 1 aromatic carbocycles. The number of fused-ring (bicyclic) bond motifs is 1. The lowest BCUT2D eigenvalue weighted by atomic mass is 10.1. The van der Waals surface area contributed by atoms with Gasteiger partial charge in [0.25, 0.3) is 5.91 Å². The highest BCUT2D eigenvalue weighted by Gasteiger charge is 2.33. The van der Waals surface area contributed by atoms with Crippen molar-refractivity contribution in [2.24, 2.45) is 0 Å². The molecule has 0 bridgehead atoms. The first kappa shape index (κ1) is 17.9. The van der Waals surface area contributed by atoms with E-state index in [1.165, 1.54) is 29.5 Å². The van der Waals surface area contributed by atoms with Crippen molar-refractivity contribution >= 4 is 17.2 Å². The van der Waals surface area contributed by atoms with Gasteiger partial charge in [-0.2, -0.15) is 13.2 Å². The van der Waals surface area contributed by atoms with E-state index in [9.17, 15) is 18.0 Å². The van der Waals surface area contributed by atoms with E-state index in [0.717, 1.165) is 29.6 Å². The minimum Gasteiger partial charge on any atom is -0.347 e. The molecule has 1 aromatic heterocycles. The van der Waals surface area contributed by atoms with Crippen molar-refractivity contribution < 1.29 is 18.0 Å². The van der Waals surface area contributed by atoms with Crippen LogP contribution in [0, 0.1) is 0 Å². The molecule has 0 saturated heterocycles. The lowest BCUT2D eigenvalue weighted by molar-refractivity contribution is -0.138. The topological polar surface area (TPSA) is 32.3 Å². The molecule has 0 aliphatic carbocycles. The molecule has 0 fully saturated rings. The largest absolute Gasteiger partial charge is 0.416 e. The molecule has 0 atom stereocenters. The Hall–Kier alpha value is -1.86. The minimum atomic E-state index is -4.42. The fourth-order valence-electron chi connectivity index (χ4n) is 2.88. The Morgan fingerprint density at radius 3 is 2.64 bits per heavy atom. The van der Waals surface area contributed by atoms with Crippen molar-refractivity contribution in [3.63, 3.8) is 0 Å². The number of benzene rings is 1. The maximum absolute atomic E-state index is 13.0. The van der Waals surface area contributed by atoms with Crippen LogP contribution in [-0.2, 0) is 25.8 Å². The number of halogens is 3. The molecule has 1 aliphatic heterocycles. The highest BCUT2D eigenvalue weighted by atomic mass is 32.1. The van der Waals surface area contributed by atoms with Crippen LogP contribution in [0.3, 0.4) is 0 Å². The molecule has 2 heterocycles. The lowest BCUT2D eigenvalue weighted by Crippen LogP contribution is -2.25. The Morgan fingerprint density at radius 1 is 1.28 bits per heavy atom. The molecule has 25 heavy (non-hydrogen) atoms. The van der Waals surface area contributed by atoms with Crippen LogP contribution in [0.4, 0.5) is 13.2 Å².